The van der Waals surface area contributed by atoms with Crippen LogP contribution in [0, 0.1) is 0 Å². The van der Waals surface area contributed by atoms with Crippen molar-refractivity contribution in [2.24, 2.45) is 0 Å². The second-order valence-electron chi connectivity index (χ2n) is 7.97. The van der Waals surface area contributed by atoms with Crippen molar-refractivity contribution in [2.45, 2.75) is 79.6 Å². The molecule has 0 radical (unpaired) electrons. The van der Waals surface area contributed by atoms with Crippen LogP contribution >= 0.6 is 7.60 Å². The molecule has 0 aliphatic heterocycles. The molecule has 6 nitrogen and oxygen atoms in total. The average Bonchev–Trinajstić information content (AvgIpc) is 2.62. The first-order chi connectivity index (χ1) is 14.0. The standard InChI is InChI=1S/C23H40NO5P/c1-19(2)9-6-10-20(3)11-7-12-21(4)13-8-14-22(5)15-17-29-24-23(25)16-18-30(26,27)28/h9,11,13,15H,6-8,10,12,14,16-18H2,1-5H3,(H,24,25)(H2,26,27,28)/p-2/b20-11+,21-13+,22-15+. The zero-order valence-electron chi connectivity index (χ0n) is 19.2. The number of rotatable bonds is 15. The highest BCUT2D eigenvalue weighted by molar-refractivity contribution is 7.48. The van der Waals surface area contributed by atoms with E-state index in [9.17, 15) is 19.1 Å². The summed E-state index contributed by atoms with van der Waals surface area (Å²) < 4.78 is 10.5. The van der Waals surface area contributed by atoms with Crippen molar-refractivity contribution in [1.82, 2.24) is 5.48 Å². The molecule has 0 aromatic rings. The summed E-state index contributed by atoms with van der Waals surface area (Å²) >= 11 is 0. The van der Waals surface area contributed by atoms with Gasteiger partial charge in [0, 0.05) is 6.42 Å². The van der Waals surface area contributed by atoms with Crippen LogP contribution in [-0.4, -0.2) is 18.7 Å². The van der Waals surface area contributed by atoms with Crippen molar-refractivity contribution < 1.29 is 24.0 Å². The Labute approximate surface area is 182 Å². The summed E-state index contributed by atoms with van der Waals surface area (Å²) in [6.45, 7) is 10.8. The van der Waals surface area contributed by atoms with Gasteiger partial charge in [0.2, 0.25) is 5.91 Å². The van der Waals surface area contributed by atoms with E-state index in [4.69, 9.17) is 4.84 Å². The van der Waals surface area contributed by atoms with E-state index in [-0.39, 0.29) is 13.0 Å². The van der Waals surface area contributed by atoms with Crippen LogP contribution in [0.3, 0.4) is 0 Å². The normalized spacial score (nSPS) is 13.4. The maximum atomic E-state index is 11.3. The number of amides is 1. The molecule has 0 heterocycles. The highest BCUT2D eigenvalue weighted by atomic mass is 31.2. The summed E-state index contributed by atoms with van der Waals surface area (Å²) in [4.78, 5) is 37.3. The second kappa shape index (κ2) is 16.3. The molecule has 0 saturated carbocycles. The van der Waals surface area contributed by atoms with Crippen LogP contribution in [0.5, 0.6) is 0 Å². The van der Waals surface area contributed by atoms with E-state index < -0.39 is 19.7 Å². The quantitative estimate of drug-likeness (QED) is 0.175. The van der Waals surface area contributed by atoms with Crippen molar-refractivity contribution in [3.8, 4) is 0 Å². The van der Waals surface area contributed by atoms with Gasteiger partial charge in [-0.2, -0.15) is 0 Å². The van der Waals surface area contributed by atoms with E-state index in [1.165, 1.54) is 16.7 Å². The Balaban J connectivity index is 3.99. The molecular formula is C23H38NO5P-2. The minimum absolute atomic E-state index is 0.198. The lowest BCUT2D eigenvalue weighted by molar-refractivity contribution is -0.313. The Morgan fingerprint density at radius 1 is 0.800 bits per heavy atom. The fourth-order valence-corrected chi connectivity index (χ4v) is 3.06. The third-order valence-corrected chi connectivity index (χ3v) is 5.24. The zero-order chi connectivity index (χ0) is 23.0. The van der Waals surface area contributed by atoms with Gasteiger partial charge in [-0.15, -0.1) is 0 Å². The molecule has 172 valence electrons. The number of carbonyl (C=O) groups is 1. The van der Waals surface area contributed by atoms with Gasteiger partial charge in [-0.05, 0) is 79.3 Å². The predicted molar refractivity (Wildman–Crippen MR) is 120 cm³/mol. The fourth-order valence-electron chi connectivity index (χ4n) is 2.58. The average molecular weight is 440 g/mol. The Morgan fingerprint density at radius 2 is 1.27 bits per heavy atom. The van der Waals surface area contributed by atoms with Gasteiger partial charge in [0.05, 0.1) is 6.61 Å². The summed E-state index contributed by atoms with van der Waals surface area (Å²) in [5.41, 5.74) is 7.48. The Hall–Kier alpha value is -1.46. The number of nitrogens with one attached hydrogen (secondary N) is 1. The smallest absolute Gasteiger partial charge is 0.243 e. The van der Waals surface area contributed by atoms with E-state index in [2.05, 4.69) is 51.4 Å². The zero-order valence-corrected chi connectivity index (χ0v) is 20.1. The molecule has 1 N–H and O–H groups in total. The van der Waals surface area contributed by atoms with E-state index in [1.54, 1.807) is 0 Å². The van der Waals surface area contributed by atoms with Crippen LogP contribution < -0.4 is 15.3 Å². The van der Waals surface area contributed by atoms with Crippen LogP contribution in [0.2, 0.25) is 0 Å². The van der Waals surface area contributed by atoms with Crippen LogP contribution in [-0.2, 0) is 14.2 Å². The van der Waals surface area contributed by atoms with Crippen molar-refractivity contribution in [3.63, 3.8) is 0 Å². The Kier molecular flexibility index (Phi) is 15.5. The van der Waals surface area contributed by atoms with Gasteiger partial charge >= 0.3 is 0 Å². The maximum absolute atomic E-state index is 11.3. The maximum Gasteiger partial charge on any atom is 0.243 e. The molecule has 0 aliphatic carbocycles. The van der Waals surface area contributed by atoms with Gasteiger partial charge in [-0.25, -0.2) is 5.48 Å². The molecule has 0 bridgehead atoms. The number of carbonyl (C=O) groups excluding carboxylic acids is 1. The number of hydrogen-bond donors (Lipinski definition) is 1. The van der Waals surface area contributed by atoms with Crippen molar-refractivity contribution in [2.75, 3.05) is 12.8 Å². The van der Waals surface area contributed by atoms with E-state index in [0.717, 1.165) is 44.1 Å². The second-order valence-corrected chi connectivity index (χ2v) is 9.64. The third-order valence-electron chi connectivity index (χ3n) is 4.47. The van der Waals surface area contributed by atoms with Crippen LogP contribution in [0.1, 0.15) is 79.6 Å². The third kappa shape index (κ3) is 19.8. The van der Waals surface area contributed by atoms with Gasteiger partial charge in [0.25, 0.3) is 0 Å². The number of allylic oxidation sites excluding steroid dienone is 7. The first-order valence-electron chi connectivity index (χ1n) is 10.5. The number of hydrogen-bond acceptors (Lipinski definition) is 5. The molecule has 0 saturated heterocycles. The lowest BCUT2D eigenvalue weighted by atomic mass is 10.0. The summed E-state index contributed by atoms with van der Waals surface area (Å²) in [7, 11) is -4.65. The molecule has 1 amide bonds. The highest BCUT2D eigenvalue weighted by Crippen LogP contribution is 2.23. The summed E-state index contributed by atoms with van der Waals surface area (Å²) in [6, 6.07) is 0. The molecule has 0 unspecified atom stereocenters. The molecule has 0 spiro atoms. The first kappa shape index (κ1) is 28.5. The highest BCUT2D eigenvalue weighted by Gasteiger charge is 2.02. The minimum atomic E-state index is -4.65. The molecule has 0 fully saturated rings. The molecule has 30 heavy (non-hydrogen) atoms. The van der Waals surface area contributed by atoms with Gasteiger partial charge in [-0.1, -0.05) is 54.2 Å². The Bertz CT molecular complexity index is 682. The largest absolute Gasteiger partial charge is 0.811 e. The van der Waals surface area contributed by atoms with Crippen molar-refractivity contribution in [3.05, 3.63) is 46.6 Å². The van der Waals surface area contributed by atoms with Crippen molar-refractivity contribution >= 4 is 13.5 Å². The number of hydroxylamine groups is 1. The predicted octanol–water partition coefficient (Wildman–Crippen LogP) is 4.48. The SMILES string of the molecule is CC(C)=CCC/C(C)=C/CC/C(C)=C/CC/C(C)=C/CONC(=O)CCP(=O)([O-])[O-]. The molecule has 0 aromatic heterocycles. The monoisotopic (exact) mass is 439 g/mol. The molecular weight excluding hydrogens is 401 g/mol. The minimum Gasteiger partial charge on any atom is -0.811 e. The first-order valence-corrected chi connectivity index (χ1v) is 12.2. The van der Waals surface area contributed by atoms with E-state index in [1.807, 2.05) is 13.0 Å². The summed E-state index contributed by atoms with van der Waals surface area (Å²) in [6.07, 6.45) is 13.9. The van der Waals surface area contributed by atoms with Gasteiger partial charge in [0.1, 0.15) is 0 Å². The topological polar surface area (TPSA) is 102 Å². The van der Waals surface area contributed by atoms with E-state index >= 15 is 0 Å². The lowest BCUT2D eigenvalue weighted by Gasteiger charge is -2.28. The summed E-state index contributed by atoms with van der Waals surface area (Å²) in [5.74, 6) is -0.618. The Morgan fingerprint density at radius 3 is 1.73 bits per heavy atom. The van der Waals surface area contributed by atoms with Gasteiger partial charge in [-0.3, -0.25) is 9.63 Å². The van der Waals surface area contributed by atoms with Crippen LogP contribution in [0.15, 0.2) is 46.6 Å². The molecule has 0 atom stereocenters. The van der Waals surface area contributed by atoms with Gasteiger partial charge in [0.15, 0.2) is 0 Å². The molecule has 0 rings (SSSR count). The lowest BCUT2D eigenvalue weighted by Crippen LogP contribution is -2.27. The van der Waals surface area contributed by atoms with Crippen molar-refractivity contribution in [1.29, 1.82) is 0 Å². The summed E-state index contributed by atoms with van der Waals surface area (Å²) in [5, 5.41) is 0. The van der Waals surface area contributed by atoms with Crippen LogP contribution in [0.4, 0.5) is 0 Å². The van der Waals surface area contributed by atoms with E-state index in [0.29, 0.717) is 0 Å². The molecule has 0 aliphatic rings. The molecule has 0 aromatic carbocycles. The fraction of sp³-hybridized carbons (Fsp3) is 0.609. The van der Waals surface area contributed by atoms with Crippen LogP contribution in [0.25, 0.3) is 0 Å². The van der Waals surface area contributed by atoms with Gasteiger partial charge < -0.3 is 14.4 Å². The molecule has 7 heteroatoms.